The number of anilines is 1. The molecule has 2 amide bonds. The number of hydrogen-bond acceptors (Lipinski definition) is 3. The molecule has 3 rings (SSSR count). The number of amides is 2. The highest BCUT2D eigenvalue weighted by Crippen LogP contribution is 2.25. The first-order valence-electron chi connectivity index (χ1n) is 10.3. The van der Waals surface area contributed by atoms with Crippen molar-refractivity contribution in [3.8, 4) is 0 Å². The lowest BCUT2D eigenvalue weighted by Crippen LogP contribution is -2.41. The summed E-state index contributed by atoms with van der Waals surface area (Å²) in [5.41, 5.74) is 2.02. The molecule has 0 saturated heterocycles. The highest BCUT2D eigenvalue weighted by atomic mass is 19.1. The van der Waals surface area contributed by atoms with E-state index in [0.29, 0.717) is 28.4 Å². The van der Waals surface area contributed by atoms with Gasteiger partial charge < -0.3 is 15.2 Å². The van der Waals surface area contributed by atoms with Crippen molar-refractivity contribution < 1.29 is 18.8 Å². The van der Waals surface area contributed by atoms with E-state index >= 15 is 0 Å². The Labute approximate surface area is 175 Å². The van der Waals surface area contributed by atoms with Gasteiger partial charge in [0.15, 0.2) is 0 Å². The summed E-state index contributed by atoms with van der Waals surface area (Å²) in [6.45, 7) is 5.58. The normalized spacial score (nSPS) is 18.7. The largest absolute Gasteiger partial charge is 0.346 e. The molecule has 1 saturated carbocycles. The molecule has 0 bridgehead atoms. The molecular weight excluding hydrogens is 385 g/mol. The van der Waals surface area contributed by atoms with E-state index < -0.39 is 23.4 Å². The summed E-state index contributed by atoms with van der Waals surface area (Å²) in [6.07, 6.45) is 3.82. The van der Waals surface area contributed by atoms with Crippen molar-refractivity contribution in [2.75, 3.05) is 5.32 Å². The summed E-state index contributed by atoms with van der Waals surface area (Å²) in [5, 5.41) is 5.57. The number of carbonyl (C=O) groups excluding carboxylic acids is 3. The Hall–Kier alpha value is -2.96. The van der Waals surface area contributed by atoms with Gasteiger partial charge in [0.2, 0.25) is 0 Å². The van der Waals surface area contributed by atoms with Crippen LogP contribution in [0, 0.1) is 25.6 Å². The molecule has 6 nitrogen and oxygen atoms in total. The number of rotatable bonds is 5. The predicted octanol–water partition coefficient (Wildman–Crippen LogP) is 3.91. The molecule has 1 heterocycles. The summed E-state index contributed by atoms with van der Waals surface area (Å²) in [7, 11) is 1.67. The van der Waals surface area contributed by atoms with Crippen LogP contribution in [-0.2, 0) is 11.8 Å². The fourth-order valence-corrected chi connectivity index (χ4v) is 4.12. The molecule has 30 heavy (non-hydrogen) atoms. The molecule has 1 aliphatic carbocycles. The molecule has 2 aromatic rings. The van der Waals surface area contributed by atoms with E-state index in [1.165, 1.54) is 24.3 Å². The van der Waals surface area contributed by atoms with Gasteiger partial charge in [0.25, 0.3) is 17.6 Å². The molecule has 2 N–H and O–H groups in total. The number of carbonyl (C=O) groups is 3. The Kier molecular flexibility index (Phi) is 6.39. The molecule has 1 aromatic heterocycles. The molecule has 0 aliphatic heterocycles. The number of Topliss-reactive ketones (excluding diaryl/α,β-unsaturated/α-hetero) is 1. The van der Waals surface area contributed by atoms with Crippen LogP contribution in [0.1, 0.15) is 64.7 Å². The van der Waals surface area contributed by atoms with Crippen LogP contribution < -0.4 is 10.6 Å². The van der Waals surface area contributed by atoms with Crippen LogP contribution in [0.4, 0.5) is 10.1 Å². The van der Waals surface area contributed by atoms with E-state index in [1.54, 1.807) is 25.5 Å². The van der Waals surface area contributed by atoms with E-state index in [9.17, 15) is 18.8 Å². The second-order valence-corrected chi connectivity index (χ2v) is 8.21. The van der Waals surface area contributed by atoms with Crippen molar-refractivity contribution in [2.24, 2.45) is 13.0 Å². The average molecular weight is 413 g/mol. The number of halogens is 1. The lowest BCUT2D eigenvalue weighted by Gasteiger charge is -2.26. The van der Waals surface area contributed by atoms with E-state index in [2.05, 4.69) is 17.6 Å². The van der Waals surface area contributed by atoms with Crippen LogP contribution in [0.2, 0.25) is 0 Å². The third-order valence-corrected chi connectivity index (χ3v) is 6.03. The molecule has 0 spiro atoms. The van der Waals surface area contributed by atoms with Crippen molar-refractivity contribution in [2.45, 2.75) is 52.5 Å². The monoisotopic (exact) mass is 413 g/mol. The Bertz CT molecular complexity index is 971. The number of nitrogens with one attached hydrogen (secondary N) is 2. The van der Waals surface area contributed by atoms with E-state index in [1.807, 2.05) is 0 Å². The van der Waals surface area contributed by atoms with Gasteiger partial charge in [-0.15, -0.1) is 0 Å². The summed E-state index contributed by atoms with van der Waals surface area (Å²) in [4.78, 5) is 38.3. The van der Waals surface area contributed by atoms with Crippen molar-refractivity contribution in [1.82, 2.24) is 9.88 Å². The maximum absolute atomic E-state index is 13.1. The van der Waals surface area contributed by atoms with Crippen molar-refractivity contribution in [3.05, 3.63) is 52.6 Å². The summed E-state index contributed by atoms with van der Waals surface area (Å²) in [5.74, 6) is -1.44. The SMILES string of the molecule is Cc1c(C(=O)Nc2ccc(F)cc2)c(C)n(C)c1C(=O)C(=O)NC1CCC(C)CC1. The van der Waals surface area contributed by atoms with Crippen molar-refractivity contribution in [1.29, 1.82) is 0 Å². The number of hydrogen-bond donors (Lipinski definition) is 2. The zero-order valence-corrected chi connectivity index (χ0v) is 17.8. The van der Waals surface area contributed by atoms with Gasteiger partial charge in [-0.2, -0.15) is 0 Å². The first kappa shape index (κ1) is 21.7. The average Bonchev–Trinajstić information content (AvgIpc) is 2.93. The Morgan fingerprint density at radius 1 is 1.03 bits per heavy atom. The number of nitrogens with zero attached hydrogens (tertiary/aromatic N) is 1. The number of benzene rings is 1. The van der Waals surface area contributed by atoms with E-state index in [4.69, 9.17) is 0 Å². The van der Waals surface area contributed by atoms with Gasteiger partial charge in [-0.3, -0.25) is 14.4 Å². The first-order chi connectivity index (χ1) is 14.2. The van der Waals surface area contributed by atoms with Crippen LogP contribution in [0.5, 0.6) is 0 Å². The van der Waals surface area contributed by atoms with Crippen molar-refractivity contribution in [3.63, 3.8) is 0 Å². The van der Waals surface area contributed by atoms with Crippen LogP contribution in [0.15, 0.2) is 24.3 Å². The lowest BCUT2D eigenvalue weighted by atomic mass is 9.87. The molecular formula is C23H28FN3O3. The highest BCUT2D eigenvalue weighted by Gasteiger charge is 2.30. The molecule has 0 unspecified atom stereocenters. The maximum atomic E-state index is 13.1. The number of ketones is 1. The smallest absolute Gasteiger partial charge is 0.294 e. The van der Waals surface area contributed by atoms with Gasteiger partial charge in [0, 0.05) is 24.5 Å². The van der Waals surface area contributed by atoms with Gasteiger partial charge in [-0.05, 0) is 75.3 Å². The van der Waals surface area contributed by atoms with Crippen molar-refractivity contribution >= 4 is 23.3 Å². The maximum Gasteiger partial charge on any atom is 0.294 e. The minimum atomic E-state index is -0.641. The van der Waals surface area contributed by atoms with Gasteiger partial charge in [0.05, 0.1) is 11.3 Å². The minimum Gasteiger partial charge on any atom is -0.346 e. The highest BCUT2D eigenvalue weighted by molar-refractivity contribution is 6.43. The summed E-state index contributed by atoms with van der Waals surface area (Å²) < 4.78 is 14.7. The summed E-state index contributed by atoms with van der Waals surface area (Å²) >= 11 is 0. The Balaban J connectivity index is 1.79. The predicted molar refractivity (Wildman–Crippen MR) is 113 cm³/mol. The van der Waals surface area contributed by atoms with Crippen LogP contribution in [-0.4, -0.2) is 28.2 Å². The fraction of sp³-hybridized carbons (Fsp3) is 0.435. The Morgan fingerprint density at radius 3 is 2.23 bits per heavy atom. The molecule has 7 heteroatoms. The van der Waals surface area contributed by atoms with E-state index in [0.717, 1.165) is 25.7 Å². The third-order valence-electron chi connectivity index (χ3n) is 6.03. The first-order valence-corrected chi connectivity index (χ1v) is 10.3. The molecule has 1 aliphatic rings. The topological polar surface area (TPSA) is 80.2 Å². The second kappa shape index (κ2) is 8.81. The molecule has 1 aromatic carbocycles. The molecule has 0 atom stereocenters. The van der Waals surface area contributed by atoms with E-state index in [-0.39, 0.29) is 11.7 Å². The second-order valence-electron chi connectivity index (χ2n) is 8.21. The van der Waals surface area contributed by atoms with Gasteiger partial charge in [-0.25, -0.2) is 4.39 Å². The number of aromatic nitrogens is 1. The standard InChI is InChI=1S/C23H28FN3O3/c1-13-5-9-17(10-6-13)26-23(30)21(28)20-14(2)19(15(3)27(20)4)22(29)25-18-11-7-16(24)8-12-18/h7-8,11-13,17H,5-6,9-10H2,1-4H3,(H,25,29)(H,26,30). The zero-order chi connectivity index (χ0) is 22.0. The van der Waals surface area contributed by atoms with Gasteiger partial charge >= 0.3 is 0 Å². The molecule has 1 fully saturated rings. The lowest BCUT2D eigenvalue weighted by molar-refractivity contribution is -0.118. The molecule has 0 radical (unpaired) electrons. The zero-order valence-electron chi connectivity index (χ0n) is 17.8. The van der Waals surface area contributed by atoms with Gasteiger partial charge in [-0.1, -0.05) is 6.92 Å². The van der Waals surface area contributed by atoms with Gasteiger partial charge in [0.1, 0.15) is 5.82 Å². The summed E-state index contributed by atoms with van der Waals surface area (Å²) in [6, 6.07) is 5.45. The quantitative estimate of drug-likeness (QED) is 0.576. The Morgan fingerprint density at radius 2 is 1.63 bits per heavy atom. The fourth-order valence-electron chi connectivity index (χ4n) is 4.12. The minimum absolute atomic E-state index is 0.0144. The van der Waals surface area contributed by atoms with Crippen LogP contribution in [0.25, 0.3) is 0 Å². The molecule has 160 valence electrons. The third kappa shape index (κ3) is 4.45. The van der Waals surface area contributed by atoms with Crippen LogP contribution in [0.3, 0.4) is 0 Å². The van der Waals surface area contributed by atoms with Crippen LogP contribution >= 0.6 is 0 Å².